The zero-order valence-corrected chi connectivity index (χ0v) is 9.65. The Labute approximate surface area is 96.5 Å². The van der Waals surface area contributed by atoms with Crippen LogP contribution in [-0.4, -0.2) is 23.8 Å². The highest BCUT2D eigenvalue weighted by atomic mass is 16.5. The van der Waals surface area contributed by atoms with Crippen LogP contribution in [0, 0.1) is 11.3 Å². The van der Waals surface area contributed by atoms with E-state index in [4.69, 9.17) is 4.74 Å². The molecule has 0 amide bonds. The monoisotopic (exact) mass is 224 g/mol. The molecule has 1 N–H and O–H groups in total. The van der Waals surface area contributed by atoms with E-state index < -0.39 is 11.4 Å². The number of carbonyl (C=O) groups is 1. The molecule has 0 aromatic rings. The minimum atomic E-state index is -0.661. The first kappa shape index (κ1) is 11.6. The summed E-state index contributed by atoms with van der Waals surface area (Å²) in [5.74, 6) is -0.159. The summed E-state index contributed by atoms with van der Waals surface area (Å²) in [6.07, 6.45) is 7.32. The Morgan fingerprint density at radius 1 is 1.56 bits per heavy atom. The van der Waals surface area contributed by atoms with E-state index in [1.807, 2.05) is 6.08 Å². The first-order valence-electron chi connectivity index (χ1n) is 6.16. The minimum absolute atomic E-state index is 0.0326. The van der Waals surface area contributed by atoms with Crippen LogP contribution in [0.25, 0.3) is 0 Å². The summed E-state index contributed by atoms with van der Waals surface area (Å²) >= 11 is 0. The summed E-state index contributed by atoms with van der Waals surface area (Å²) < 4.78 is 5.68. The SMILES string of the molecule is C=CCCCC1(C(=O)O)CCOC1C1CC1. The van der Waals surface area contributed by atoms with Crippen LogP contribution in [-0.2, 0) is 9.53 Å². The molecule has 1 saturated heterocycles. The van der Waals surface area contributed by atoms with Gasteiger partial charge in [-0.1, -0.05) is 6.08 Å². The van der Waals surface area contributed by atoms with Crippen molar-refractivity contribution in [3.8, 4) is 0 Å². The van der Waals surface area contributed by atoms with E-state index in [9.17, 15) is 9.90 Å². The van der Waals surface area contributed by atoms with Crippen LogP contribution in [0.15, 0.2) is 12.7 Å². The van der Waals surface area contributed by atoms with Crippen molar-refractivity contribution in [2.24, 2.45) is 11.3 Å². The Balaban J connectivity index is 2.06. The number of hydrogen-bond acceptors (Lipinski definition) is 2. The highest BCUT2D eigenvalue weighted by molar-refractivity contribution is 5.76. The summed E-state index contributed by atoms with van der Waals surface area (Å²) in [4.78, 5) is 11.6. The lowest BCUT2D eigenvalue weighted by Crippen LogP contribution is -2.40. The molecule has 0 aromatic heterocycles. The predicted octanol–water partition coefficient (Wildman–Crippen LogP) is 2.61. The topological polar surface area (TPSA) is 46.5 Å². The second-order valence-electron chi connectivity index (χ2n) is 5.02. The van der Waals surface area contributed by atoms with Crippen LogP contribution >= 0.6 is 0 Å². The molecule has 2 atom stereocenters. The van der Waals surface area contributed by atoms with Gasteiger partial charge in [0.15, 0.2) is 0 Å². The number of hydrogen-bond donors (Lipinski definition) is 1. The highest BCUT2D eigenvalue weighted by Crippen LogP contribution is 2.50. The van der Waals surface area contributed by atoms with Crippen molar-refractivity contribution < 1.29 is 14.6 Å². The second kappa shape index (κ2) is 4.58. The Morgan fingerprint density at radius 2 is 2.31 bits per heavy atom. The Bertz CT molecular complexity index is 283. The fourth-order valence-electron chi connectivity index (χ4n) is 2.82. The van der Waals surface area contributed by atoms with Crippen molar-refractivity contribution in [1.82, 2.24) is 0 Å². The van der Waals surface area contributed by atoms with Gasteiger partial charge in [-0.3, -0.25) is 4.79 Å². The first-order chi connectivity index (χ1) is 7.70. The molecule has 16 heavy (non-hydrogen) atoms. The molecule has 0 spiro atoms. The normalized spacial score (nSPS) is 33.9. The predicted molar refractivity (Wildman–Crippen MR) is 61.2 cm³/mol. The number of aliphatic carboxylic acids is 1. The third-order valence-electron chi connectivity index (χ3n) is 3.90. The van der Waals surface area contributed by atoms with E-state index >= 15 is 0 Å². The maximum Gasteiger partial charge on any atom is 0.312 e. The molecular weight excluding hydrogens is 204 g/mol. The van der Waals surface area contributed by atoms with E-state index in [2.05, 4.69) is 6.58 Å². The molecule has 2 fully saturated rings. The lowest BCUT2D eigenvalue weighted by molar-refractivity contribution is -0.154. The van der Waals surface area contributed by atoms with Crippen LogP contribution in [0.1, 0.15) is 38.5 Å². The number of allylic oxidation sites excluding steroid dienone is 1. The smallest absolute Gasteiger partial charge is 0.312 e. The maximum absolute atomic E-state index is 11.6. The molecule has 0 bridgehead atoms. The van der Waals surface area contributed by atoms with E-state index in [1.54, 1.807) is 0 Å². The van der Waals surface area contributed by atoms with Gasteiger partial charge in [0.2, 0.25) is 0 Å². The lowest BCUT2D eigenvalue weighted by atomic mass is 9.75. The standard InChI is InChI=1S/C13H20O3/c1-2-3-4-7-13(12(14)15)8-9-16-11(13)10-5-6-10/h2,10-11H,1,3-9H2,(H,14,15). The average molecular weight is 224 g/mol. The molecule has 0 radical (unpaired) electrons. The van der Waals surface area contributed by atoms with Gasteiger partial charge in [0, 0.05) is 6.61 Å². The van der Waals surface area contributed by atoms with Crippen LogP contribution in [0.3, 0.4) is 0 Å². The molecular formula is C13H20O3. The van der Waals surface area contributed by atoms with E-state index in [0.29, 0.717) is 18.9 Å². The summed E-state index contributed by atoms with van der Waals surface area (Å²) in [6, 6.07) is 0. The lowest BCUT2D eigenvalue weighted by Gasteiger charge is -2.29. The van der Waals surface area contributed by atoms with E-state index in [-0.39, 0.29) is 6.10 Å². The van der Waals surface area contributed by atoms with Gasteiger partial charge in [-0.2, -0.15) is 0 Å². The van der Waals surface area contributed by atoms with Gasteiger partial charge in [0.25, 0.3) is 0 Å². The van der Waals surface area contributed by atoms with Crippen LogP contribution in [0.5, 0.6) is 0 Å². The van der Waals surface area contributed by atoms with Crippen LogP contribution in [0.4, 0.5) is 0 Å². The van der Waals surface area contributed by atoms with Crippen molar-refractivity contribution in [3.63, 3.8) is 0 Å². The molecule has 1 aliphatic carbocycles. The largest absolute Gasteiger partial charge is 0.481 e. The average Bonchev–Trinajstić information content (AvgIpc) is 3.00. The van der Waals surface area contributed by atoms with Gasteiger partial charge < -0.3 is 9.84 Å². The fraction of sp³-hybridized carbons (Fsp3) is 0.769. The maximum atomic E-state index is 11.6. The number of carboxylic acids is 1. The van der Waals surface area contributed by atoms with E-state index in [0.717, 1.165) is 32.1 Å². The molecule has 90 valence electrons. The van der Waals surface area contributed by atoms with Gasteiger partial charge in [-0.15, -0.1) is 6.58 Å². The third-order valence-corrected chi connectivity index (χ3v) is 3.90. The Hall–Kier alpha value is -0.830. The molecule has 2 rings (SSSR count). The third kappa shape index (κ3) is 2.01. The summed E-state index contributed by atoms with van der Waals surface area (Å²) in [5, 5.41) is 9.50. The van der Waals surface area contributed by atoms with Crippen molar-refractivity contribution in [2.45, 2.75) is 44.6 Å². The highest BCUT2D eigenvalue weighted by Gasteiger charge is 2.55. The van der Waals surface area contributed by atoms with Gasteiger partial charge >= 0.3 is 5.97 Å². The summed E-state index contributed by atoms with van der Waals surface area (Å²) in [5.41, 5.74) is -0.607. The zero-order chi connectivity index (χ0) is 11.6. The van der Waals surface area contributed by atoms with Crippen molar-refractivity contribution >= 4 is 5.97 Å². The summed E-state index contributed by atoms with van der Waals surface area (Å²) in [7, 11) is 0. The molecule has 3 heteroatoms. The summed E-state index contributed by atoms with van der Waals surface area (Å²) in [6.45, 7) is 4.29. The first-order valence-corrected chi connectivity index (χ1v) is 6.16. The minimum Gasteiger partial charge on any atom is -0.481 e. The fourth-order valence-corrected chi connectivity index (χ4v) is 2.82. The van der Waals surface area contributed by atoms with E-state index in [1.165, 1.54) is 0 Å². The van der Waals surface area contributed by atoms with Crippen molar-refractivity contribution in [2.75, 3.05) is 6.61 Å². The van der Waals surface area contributed by atoms with Crippen molar-refractivity contribution in [3.05, 3.63) is 12.7 Å². The quantitative estimate of drug-likeness (QED) is 0.557. The molecule has 1 heterocycles. The number of ether oxygens (including phenoxy) is 1. The molecule has 1 aliphatic heterocycles. The van der Waals surface area contributed by atoms with Crippen molar-refractivity contribution in [1.29, 1.82) is 0 Å². The van der Waals surface area contributed by atoms with Crippen LogP contribution < -0.4 is 0 Å². The van der Waals surface area contributed by atoms with Gasteiger partial charge in [0.1, 0.15) is 0 Å². The molecule has 1 saturated carbocycles. The molecule has 2 aliphatic rings. The van der Waals surface area contributed by atoms with Crippen LogP contribution in [0.2, 0.25) is 0 Å². The number of carboxylic acid groups (broad SMARTS) is 1. The Morgan fingerprint density at radius 3 is 2.88 bits per heavy atom. The van der Waals surface area contributed by atoms with Gasteiger partial charge in [0.05, 0.1) is 11.5 Å². The zero-order valence-electron chi connectivity index (χ0n) is 9.65. The number of rotatable bonds is 6. The number of unbranched alkanes of at least 4 members (excludes halogenated alkanes) is 1. The Kier molecular flexibility index (Phi) is 3.33. The molecule has 2 unspecified atom stereocenters. The van der Waals surface area contributed by atoms with Gasteiger partial charge in [-0.25, -0.2) is 0 Å². The molecule has 3 nitrogen and oxygen atoms in total. The van der Waals surface area contributed by atoms with Gasteiger partial charge in [-0.05, 0) is 44.4 Å². The second-order valence-corrected chi connectivity index (χ2v) is 5.02. The molecule has 0 aromatic carbocycles.